The number of ether oxygens (including phenoxy) is 1. The number of rotatable bonds is 4. The number of methoxy groups -OCH3 is 1. The number of aromatic nitrogens is 3. The fourth-order valence-corrected chi connectivity index (χ4v) is 1.47. The Bertz CT molecular complexity index is 641. The summed E-state index contributed by atoms with van der Waals surface area (Å²) in [6.07, 6.45) is 5.06. The molecule has 0 atom stereocenters. The van der Waals surface area contributed by atoms with Crippen LogP contribution in [0.25, 0.3) is 0 Å². The highest BCUT2D eigenvalue weighted by atomic mass is 19.1. The smallest absolute Gasteiger partial charge is 0.327 e. The van der Waals surface area contributed by atoms with Gasteiger partial charge in [0.2, 0.25) is 0 Å². The van der Waals surface area contributed by atoms with Crippen LogP contribution >= 0.6 is 0 Å². The van der Waals surface area contributed by atoms with Crippen LogP contribution in [0, 0.1) is 5.82 Å². The van der Waals surface area contributed by atoms with Crippen LogP contribution in [0.1, 0.15) is 10.4 Å². The lowest BCUT2D eigenvalue weighted by Crippen LogP contribution is -2.14. The summed E-state index contributed by atoms with van der Waals surface area (Å²) in [5.74, 6) is -1.80. The van der Waals surface area contributed by atoms with Crippen molar-refractivity contribution in [2.75, 3.05) is 12.4 Å². The van der Waals surface area contributed by atoms with E-state index in [0.29, 0.717) is 5.69 Å². The molecule has 0 unspecified atom stereocenters. The van der Waals surface area contributed by atoms with Gasteiger partial charge in [0, 0.05) is 12.4 Å². The maximum atomic E-state index is 13.4. The van der Waals surface area contributed by atoms with Gasteiger partial charge in [-0.05, 0) is 6.07 Å². The predicted octanol–water partition coefficient (Wildman–Crippen LogP) is 0.843. The van der Waals surface area contributed by atoms with Gasteiger partial charge in [0.15, 0.2) is 5.82 Å². The monoisotopic (exact) mass is 278 g/mol. The molecule has 0 spiro atoms. The molecule has 2 aromatic rings. The van der Waals surface area contributed by atoms with E-state index in [-0.39, 0.29) is 12.1 Å². The lowest BCUT2D eigenvalue weighted by molar-refractivity contribution is -0.141. The highest BCUT2D eigenvalue weighted by Crippen LogP contribution is 2.10. The number of carbonyl (C=O) groups is 2. The van der Waals surface area contributed by atoms with Crippen LogP contribution in [0.4, 0.5) is 10.1 Å². The summed E-state index contributed by atoms with van der Waals surface area (Å²) < 4.78 is 19.1. The minimum absolute atomic E-state index is 0.0734. The van der Waals surface area contributed by atoms with E-state index in [1.165, 1.54) is 36.4 Å². The van der Waals surface area contributed by atoms with E-state index in [2.05, 4.69) is 20.1 Å². The maximum Gasteiger partial charge on any atom is 0.327 e. The predicted molar refractivity (Wildman–Crippen MR) is 66.4 cm³/mol. The van der Waals surface area contributed by atoms with E-state index < -0.39 is 17.7 Å². The van der Waals surface area contributed by atoms with Gasteiger partial charge in [-0.25, -0.2) is 4.39 Å². The van der Waals surface area contributed by atoms with Gasteiger partial charge < -0.3 is 10.1 Å². The van der Waals surface area contributed by atoms with Crippen LogP contribution in [-0.4, -0.2) is 33.8 Å². The summed E-state index contributed by atoms with van der Waals surface area (Å²) in [6, 6.07) is 1.27. The summed E-state index contributed by atoms with van der Waals surface area (Å²) in [5.41, 5.74) is 0.218. The molecular formula is C12H11FN4O3. The van der Waals surface area contributed by atoms with Crippen molar-refractivity contribution >= 4 is 17.6 Å². The first kappa shape index (κ1) is 13.7. The van der Waals surface area contributed by atoms with Crippen LogP contribution in [0.3, 0.4) is 0 Å². The number of hydrogen-bond donors (Lipinski definition) is 1. The van der Waals surface area contributed by atoms with Crippen molar-refractivity contribution in [3.05, 3.63) is 42.2 Å². The average Bonchev–Trinajstić information content (AvgIpc) is 2.86. The van der Waals surface area contributed by atoms with Gasteiger partial charge in [-0.1, -0.05) is 0 Å². The average molecular weight is 278 g/mol. The summed E-state index contributed by atoms with van der Waals surface area (Å²) in [4.78, 5) is 26.4. The lowest BCUT2D eigenvalue weighted by atomic mass is 10.2. The van der Waals surface area contributed by atoms with E-state index in [9.17, 15) is 14.0 Å². The molecule has 0 fully saturated rings. The summed E-state index contributed by atoms with van der Waals surface area (Å²) in [7, 11) is 1.26. The van der Waals surface area contributed by atoms with Crippen molar-refractivity contribution in [1.82, 2.24) is 14.8 Å². The molecule has 0 saturated carbocycles. The molecule has 0 aliphatic rings. The number of anilines is 1. The second-order valence-corrected chi connectivity index (χ2v) is 3.81. The molecule has 1 amide bonds. The second kappa shape index (κ2) is 5.91. The van der Waals surface area contributed by atoms with Gasteiger partial charge in [0.25, 0.3) is 5.91 Å². The van der Waals surface area contributed by atoms with Crippen molar-refractivity contribution in [3.63, 3.8) is 0 Å². The number of pyridine rings is 1. The second-order valence-electron chi connectivity index (χ2n) is 3.81. The Balaban J connectivity index is 2.05. The van der Waals surface area contributed by atoms with Crippen molar-refractivity contribution < 1.29 is 18.7 Å². The SMILES string of the molecule is COC(=O)Cn1cc(NC(=O)c2ccncc2F)cn1. The fraction of sp³-hybridized carbons (Fsp3) is 0.167. The first-order chi connectivity index (χ1) is 9.60. The summed E-state index contributed by atoms with van der Waals surface area (Å²) >= 11 is 0. The number of nitrogens with one attached hydrogen (secondary N) is 1. The fourth-order valence-electron chi connectivity index (χ4n) is 1.47. The van der Waals surface area contributed by atoms with Crippen LogP contribution in [0.15, 0.2) is 30.9 Å². The molecule has 2 aromatic heterocycles. The highest BCUT2D eigenvalue weighted by Gasteiger charge is 2.12. The number of hydrogen-bond acceptors (Lipinski definition) is 5. The highest BCUT2D eigenvalue weighted by molar-refractivity contribution is 6.04. The van der Waals surface area contributed by atoms with Crippen LogP contribution in [-0.2, 0) is 16.1 Å². The van der Waals surface area contributed by atoms with Gasteiger partial charge in [-0.15, -0.1) is 0 Å². The third-order valence-electron chi connectivity index (χ3n) is 2.43. The number of halogens is 1. The minimum Gasteiger partial charge on any atom is -0.468 e. The molecule has 2 heterocycles. The van der Waals surface area contributed by atoms with Gasteiger partial charge in [0.1, 0.15) is 6.54 Å². The molecule has 0 aromatic carbocycles. The Kier molecular flexibility index (Phi) is 4.04. The molecule has 8 heteroatoms. The topological polar surface area (TPSA) is 86.1 Å². The summed E-state index contributed by atoms with van der Waals surface area (Å²) in [5, 5.41) is 6.34. The maximum absolute atomic E-state index is 13.4. The van der Waals surface area contributed by atoms with Crippen molar-refractivity contribution in [2.24, 2.45) is 0 Å². The van der Waals surface area contributed by atoms with Gasteiger partial charge in [-0.3, -0.25) is 19.3 Å². The number of amides is 1. The van der Waals surface area contributed by atoms with E-state index >= 15 is 0 Å². The zero-order chi connectivity index (χ0) is 14.5. The standard InChI is InChI=1S/C12H11FN4O3/c1-20-11(18)7-17-6-8(4-15-17)16-12(19)9-2-3-14-5-10(9)13/h2-6H,7H2,1H3,(H,16,19). The lowest BCUT2D eigenvalue weighted by Gasteiger charge is -2.02. The Labute approximate surface area is 113 Å². The Hall–Kier alpha value is -2.77. The molecule has 1 N–H and O–H groups in total. The van der Waals surface area contributed by atoms with Gasteiger partial charge in [0.05, 0.1) is 30.8 Å². The Morgan fingerprint density at radius 1 is 1.45 bits per heavy atom. The number of nitrogens with zero attached hydrogens (tertiary/aromatic N) is 3. The van der Waals surface area contributed by atoms with Gasteiger partial charge >= 0.3 is 5.97 Å². The molecule has 0 bridgehead atoms. The van der Waals surface area contributed by atoms with Crippen LogP contribution in [0.2, 0.25) is 0 Å². The number of carbonyl (C=O) groups excluding carboxylic acids is 2. The molecule has 0 radical (unpaired) electrons. The third kappa shape index (κ3) is 3.16. The first-order valence-electron chi connectivity index (χ1n) is 5.60. The molecule has 0 aliphatic carbocycles. The van der Waals surface area contributed by atoms with E-state index in [4.69, 9.17) is 0 Å². The molecule has 104 valence electrons. The zero-order valence-electron chi connectivity index (χ0n) is 10.5. The molecule has 0 saturated heterocycles. The van der Waals surface area contributed by atoms with Crippen LogP contribution in [0.5, 0.6) is 0 Å². The zero-order valence-corrected chi connectivity index (χ0v) is 10.5. The first-order valence-corrected chi connectivity index (χ1v) is 5.60. The van der Waals surface area contributed by atoms with Crippen molar-refractivity contribution in [2.45, 2.75) is 6.54 Å². The number of esters is 1. The summed E-state index contributed by atoms with van der Waals surface area (Å²) in [6.45, 7) is -0.0734. The van der Waals surface area contributed by atoms with E-state index in [1.54, 1.807) is 0 Å². The van der Waals surface area contributed by atoms with Crippen LogP contribution < -0.4 is 5.32 Å². The van der Waals surface area contributed by atoms with E-state index in [0.717, 1.165) is 6.20 Å². The van der Waals surface area contributed by atoms with Gasteiger partial charge in [-0.2, -0.15) is 5.10 Å². The third-order valence-corrected chi connectivity index (χ3v) is 2.43. The minimum atomic E-state index is -0.716. The molecule has 2 rings (SSSR count). The Morgan fingerprint density at radius 3 is 2.95 bits per heavy atom. The van der Waals surface area contributed by atoms with Crippen molar-refractivity contribution in [3.8, 4) is 0 Å². The van der Waals surface area contributed by atoms with Crippen molar-refractivity contribution in [1.29, 1.82) is 0 Å². The normalized spacial score (nSPS) is 10.1. The largest absolute Gasteiger partial charge is 0.468 e. The molecule has 20 heavy (non-hydrogen) atoms. The molecule has 0 aliphatic heterocycles. The Morgan fingerprint density at radius 2 is 2.25 bits per heavy atom. The quantitative estimate of drug-likeness (QED) is 0.838. The van der Waals surface area contributed by atoms with E-state index in [1.807, 2.05) is 0 Å². The molecular weight excluding hydrogens is 267 g/mol. The molecule has 7 nitrogen and oxygen atoms in total.